The molecule has 9 amide bonds. The molecule has 16 N–H and O–H groups in total. The summed E-state index contributed by atoms with van der Waals surface area (Å²) in [5.74, 6) is -14.5. The minimum Gasteiger partial charge on any atom is -0.508 e. The summed E-state index contributed by atoms with van der Waals surface area (Å²) < 4.78 is 0. The van der Waals surface area contributed by atoms with Crippen molar-refractivity contribution in [1.29, 1.82) is 0 Å². The van der Waals surface area contributed by atoms with Crippen molar-refractivity contribution in [1.82, 2.24) is 47.9 Å². The van der Waals surface area contributed by atoms with Gasteiger partial charge in [0.1, 0.15) is 48.0 Å². The predicted octanol–water partition coefficient (Wildman–Crippen LogP) is -5.98. The molecule has 9 atom stereocenters. The van der Waals surface area contributed by atoms with Gasteiger partial charge in [0.15, 0.2) is 0 Å². The third-order valence-corrected chi connectivity index (χ3v) is 9.13. The lowest BCUT2D eigenvalue weighted by molar-refractivity contribution is -0.147. The van der Waals surface area contributed by atoms with Gasteiger partial charge in [0.2, 0.25) is 53.2 Å². The van der Waals surface area contributed by atoms with Gasteiger partial charge in [0.25, 0.3) is 0 Å². The number of rotatable bonds is 27. The van der Waals surface area contributed by atoms with Gasteiger partial charge >= 0.3 is 17.9 Å². The molecule has 0 aliphatic heterocycles. The molecule has 0 saturated heterocycles. The number of benzene rings is 1. The van der Waals surface area contributed by atoms with Crippen molar-refractivity contribution in [3.63, 3.8) is 0 Å². The monoisotopic (exact) mass is 938 g/mol. The van der Waals surface area contributed by atoms with Gasteiger partial charge in [-0.05, 0) is 51.3 Å². The van der Waals surface area contributed by atoms with E-state index in [9.17, 15) is 78.0 Å². The van der Waals surface area contributed by atoms with Crippen LogP contribution in [0.4, 0.5) is 0 Å². The summed E-state index contributed by atoms with van der Waals surface area (Å²) in [5, 5.41) is 67.6. The van der Waals surface area contributed by atoms with Crippen LogP contribution in [-0.2, 0) is 64.0 Å². The summed E-state index contributed by atoms with van der Waals surface area (Å²) in [5.41, 5.74) is 5.81. The van der Waals surface area contributed by atoms with Crippen LogP contribution < -0.4 is 53.6 Å². The van der Waals surface area contributed by atoms with Gasteiger partial charge in [-0.2, -0.15) is 0 Å². The molecule has 0 aliphatic rings. The first-order valence-corrected chi connectivity index (χ1v) is 20.2. The summed E-state index contributed by atoms with van der Waals surface area (Å²) in [4.78, 5) is 150. The Morgan fingerprint density at radius 2 is 0.985 bits per heavy atom. The zero-order valence-corrected chi connectivity index (χ0v) is 36.8. The van der Waals surface area contributed by atoms with E-state index in [1.165, 1.54) is 58.9 Å². The number of aliphatic hydroxyl groups is 1. The number of hydrogen-bond acceptors (Lipinski definition) is 15. The van der Waals surface area contributed by atoms with Gasteiger partial charge in [-0.15, -0.1) is 0 Å². The number of phenolic OH excluding ortho intramolecular Hbond substituents is 1. The number of phenols is 1. The number of hydrogen-bond donors (Lipinski definition) is 15. The molecule has 27 nitrogen and oxygen atoms in total. The minimum atomic E-state index is -1.89. The topological polar surface area (TPSA) is 440 Å². The van der Waals surface area contributed by atoms with Crippen molar-refractivity contribution in [3.05, 3.63) is 29.8 Å². The highest BCUT2D eigenvalue weighted by atomic mass is 16.4. The minimum absolute atomic E-state index is 0.152. The highest BCUT2D eigenvalue weighted by molar-refractivity contribution is 5.98. The number of amides is 9. The first kappa shape index (κ1) is 56.6. The van der Waals surface area contributed by atoms with Crippen LogP contribution in [0.15, 0.2) is 24.3 Å². The summed E-state index contributed by atoms with van der Waals surface area (Å²) in [6.45, 7) is 6.35. The van der Waals surface area contributed by atoms with E-state index in [0.717, 1.165) is 6.92 Å². The van der Waals surface area contributed by atoms with E-state index in [1.54, 1.807) is 0 Å². The number of aromatic hydroxyl groups is 1. The van der Waals surface area contributed by atoms with Gasteiger partial charge in [0.05, 0.1) is 38.1 Å². The number of nitrogens with two attached hydrogens (primary N) is 1. The Morgan fingerprint density at radius 3 is 1.47 bits per heavy atom. The Kier molecular flexibility index (Phi) is 23.2. The second-order valence-corrected chi connectivity index (χ2v) is 15.3. The molecule has 0 fully saturated rings. The summed E-state index contributed by atoms with van der Waals surface area (Å²) in [6, 6.07) is -6.68. The number of aliphatic carboxylic acids is 3. The van der Waals surface area contributed by atoms with Gasteiger partial charge in [-0.25, -0.2) is 4.79 Å². The van der Waals surface area contributed by atoms with Gasteiger partial charge in [0, 0.05) is 6.42 Å². The number of nitrogens with one attached hydrogen (secondary N) is 9. The standard InChI is InChI=1S/C39H58N10O17/c1-16(2)30(38(64)47-25(39(65)66)13-29(56)57)48-33(59)19(5)44-35(61)24(12-28(54)55)46-36(62)23(11-21-7-9-22(51)10-8-21)45-27(53)15-41-26(52)14-42-37(63)31(20(6)50)49-34(60)18(4)43-32(58)17(3)40/h7-10,16-20,23-25,30-31,50-51H,11-15,40H2,1-6H3,(H,41,52)(H,42,63)(H,43,58)(H,44,61)(H,45,53)(H,46,62)(H,47,64)(H,48,59)(H,49,60)(H,54,55)(H,56,57)(H,65,66)/t17-,18-,19-,20+,23-,24-,25-,30-,31-/m0/s1. The Hall–Kier alpha value is -7.42. The molecule has 0 aliphatic carbocycles. The number of aliphatic hydroxyl groups excluding tert-OH is 1. The van der Waals surface area contributed by atoms with Crippen molar-refractivity contribution in [3.8, 4) is 5.75 Å². The smallest absolute Gasteiger partial charge is 0.326 e. The largest absolute Gasteiger partial charge is 0.508 e. The molecular formula is C39H58N10O17. The van der Waals surface area contributed by atoms with Crippen molar-refractivity contribution < 1.29 is 83.1 Å². The molecular weight excluding hydrogens is 880 g/mol. The predicted molar refractivity (Wildman–Crippen MR) is 225 cm³/mol. The van der Waals surface area contributed by atoms with E-state index in [4.69, 9.17) is 10.8 Å². The highest BCUT2D eigenvalue weighted by Gasteiger charge is 2.34. The van der Waals surface area contributed by atoms with Crippen LogP contribution in [0.2, 0.25) is 0 Å². The number of carbonyl (C=O) groups is 12. The van der Waals surface area contributed by atoms with Crippen LogP contribution in [0.5, 0.6) is 5.75 Å². The third-order valence-electron chi connectivity index (χ3n) is 9.13. The average molecular weight is 939 g/mol. The highest BCUT2D eigenvalue weighted by Crippen LogP contribution is 2.12. The van der Waals surface area contributed by atoms with E-state index >= 15 is 0 Å². The Bertz CT molecular complexity index is 1960. The summed E-state index contributed by atoms with van der Waals surface area (Å²) in [7, 11) is 0. The molecule has 66 heavy (non-hydrogen) atoms. The van der Waals surface area contributed by atoms with E-state index in [1.807, 2.05) is 5.32 Å². The molecule has 366 valence electrons. The van der Waals surface area contributed by atoms with E-state index in [-0.39, 0.29) is 12.2 Å². The molecule has 0 spiro atoms. The number of carboxylic acids is 3. The Labute approximate surface area is 377 Å². The van der Waals surface area contributed by atoms with Crippen molar-refractivity contribution in [2.24, 2.45) is 11.7 Å². The van der Waals surface area contributed by atoms with Gasteiger partial charge in [-0.3, -0.25) is 52.7 Å². The van der Waals surface area contributed by atoms with Crippen LogP contribution in [0.25, 0.3) is 0 Å². The molecule has 0 radical (unpaired) electrons. The lowest BCUT2D eigenvalue weighted by atomic mass is 10.0. The summed E-state index contributed by atoms with van der Waals surface area (Å²) in [6.07, 6.45) is -3.82. The average Bonchev–Trinajstić information content (AvgIpc) is 3.21. The maximum Gasteiger partial charge on any atom is 0.326 e. The first-order chi connectivity index (χ1) is 30.6. The van der Waals surface area contributed by atoms with E-state index in [0.29, 0.717) is 5.56 Å². The Balaban J connectivity index is 3.08. The molecule has 1 aromatic carbocycles. The molecule has 27 heteroatoms. The number of carbonyl (C=O) groups excluding carboxylic acids is 9. The fourth-order valence-electron chi connectivity index (χ4n) is 5.42. The van der Waals surface area contributed by atoms with Gasteiger partial charge in [-0.1, -0.05) is 26.0 Å². The van der Waals surface area contributed by atoms with Crippen LogP contribution in [0.3, 0.4) is 0 Å². The SMILES string of the molecule is CC(C)[C@H](NC(=O)[C@H](C)NC(=O)[C@H](CC(=O)O)NC(=O)[C@H](Cc1ccc(O)cc1)NC(=O)CNC(=O)CNC(=O)[C@@H](NC(=O)[C@H](C)NC(=O)[C@H](C)N)[C@@H](C)O)C(=O)N[C@@H](CC(=O)O)C(=O)O. The second kappa shape index (κ2) is 27.0. The lowest BCUT2D eigenvalue weighted by Gasteiger charge is -2.26. The first-order valence-electron chi connectivity index (χ1n) is 20.2. The van der Waals surface area contributed by atoms with Crippen LogP contribution in [0, 0.1) is 5.92 Å². The van der Waals surface area contributed by atoms with Crippen LogP contribution in [-0.4, -0.2) is 164 Å². The molecule has 1 aromatic rings. The van der Waals surface area contributed by atoms with Crippen molar-refractivity contribution in [2.45, 2.75) is 115 Å². The second-order valence-electron chi connectivity index (χ2n) is 15.3. The molecule has 0 heterocycles. The van der Waals surface area contributed by atoms with E-state index < -0.39 is 157 Å². The molecule has 1 rings (SSSR count). The lowest BCUT2D eigenvalue weighted by Crippen LogP contribution is -2.59. The zero-order valence-electron chi connectivity index (χ0n) is 36.8. The van der Waals surface area contributed by atoms with Crippen molar-refractivity contribution >= 4 is 71.1 Å². The fraction of sp³-hybridized carbons (Fsp3) is 0.538. The molecule has 0 aromatic heterocycles. The summed E-state index contributed by atoms with van der Waals surface area (Å²) >= 11 is 0. The zero-order chi connectivity index (χ0) is 50.6. The Morgan fingerprint density at radius 1 is 0.515 bits per heavy atom. The fourth-order valence-corrected chi connectivity index (χ4v) is 5.42. The van der Waals surface area contributed by atoms with Gasteiger partial charge < -0.3 is 79.1 Å². The van der Waals surface area contributed by atoms with E-state index in [2.05, 4.69) is 42.5 Å². The normalized spacial score (nSPS) is 14.9. The molecule has 0 unspecified atom stereocenters. The van der Waals surface area contributed by atoms with Crippen LogP contribution in [0.1, 0.15) is 59.9 Å². The molecule has 0 bridgehead atoms. The third kappa shape index (κ3) is 20.4. The van der Waals surface area contributed by atoms with Crippen LogP contribution >= 0.6 is 0 Å². The van der Waals surface area contributed by atoms with Crippen molar-refractivity contribution in [2.75, 3.05) is 13.1 Å². The maximum atomic E-state index is 13.6. The maximum absolute atomic E-state index is 13.6. The quantitative estimate of drug-likeness (QED) is 0.0390. The molecule has 0 saturated carbocycles. The number of carboxylic acid groups (broad SMARTS) is 3.